The average Bonchev–Trinajstić information content (AvgIpc) is 3.46. The Labute approximate surface area is 211 Å². The molecule has 7 nitrogen and oxygen atoms in total. The number of rotatable bonds is 8. The molecule has 2 atom stereocenters. The highest BCUT2D eigenvalue weighted by Crippen LogP contribution is 2.44. The molecule has 1 saturated heterocycles. The van der Waals surface area contributed by atoms with Crippen molar-refractivity contribution in [2.75, 3.05) is 18.8 Å². The van der Waals surface area contributed by atoms with E-state index in [9.17, 15) is 4.79 Å². The number of urea groups is 1. The quantitative estimate of drug-likeness (QED) is 0.432. The molecule has 35 heavy (non-hydrogen) atoms. The summed E-state index contributed by atoms with van der Waals surface area (Å²) in [6.45, 7) is 8.15. The SMILES string of the molecule is CCSc1cnc(CNC(=O)N2CC(c3ccccc3)C(c3cc(C4CC4)nn3C(C)C)C2)nc1. The maximum Gasteiger partial charge on any atom is 0.317 e. The second-order valence-electron chi connectivity index (χ2n) is 9.76. The van der Waals surface area contributed by atoms with E-state index in [1.54, 1.807) is 11.8 Å². The molecular weight excluding hydrogens is 456 g/mol. The third-order valence-corrected chi connectivity index (χ3v) is 7.71. The lowest BCUT2D eigenvalue weighted by Crippen LogP contribution is -2.38. The number of thioether (sulfide) groups is 1. The molecular formula is C27H34N6OS. The lowest BCUT2D eigenvalue weighted by atomic mass is 9.86. The maximum absolute atomic E-state index is 13.2. The first-order valence-electron chi connectivity index (χ1n) is 12.6. The van der Waals surface area contributed by atoms with E-state index >= 15 is 0 Å². The first-order valence-corrected chi connectivity index (χ1v) is 13.6. The van der Waals surface area contributed by atoms with Gasteiger partial charge in [0, 0.05) is 59.9 Å². The van der Waals surface area contributed by atoms with Gasteiger partial charge in [0.1, 0.15) is 5.82 Å². The molecule has 3 heterocycles. The summed E-state index contributed by atoms with van der Waals surface area (Å²) in [6, 6.07) is 13.1. The molecule has 5 rings (SSSR count). The predicted octanol–water partition coefficient (Wildman–Crippen LogP) is 5.34. The fourth-order valence-corrected chi connectivity index (χ4v) is 5.53. The largest absolute Gasteiger partial charge is 0.331 e. The molecule has 1 aromatic carbocycles. The Morgan fingerprint density at radius 1 is 1.11 bits per heavy atom. The van der Waals surface area contributed by atoms with Crippen LogP contribution in [0.3, 0.4) is 0 Å². The van der Waals surface area contributed by atoms with Gasteiger partial charge in [-0.3, -0.25) is 4.68 Å². The van der Waals surface area contributed by atoms with Crippen LogP contribution >= 0.6 is 11.8 Å². The van der Waals surface area contributed by atoms with Gasteiger partial charge in [-0.15, -0.1) is 11.8 Å². The highest BCUT2D eigenvalue weighted by molar-refractivity contribution is 7.99. The molecule has 0 radical (unpaired) electrons. The third-order valence-electron chi connectivity index (χ3n) is 6.87. The zero-order chi connectivity index (χ0) is 24.4. The molecule has 2 amide bonds. The standard InChI is InChI=1S/C27H34N6OS/c1-4-35-21-13-28-26(29-14-21)15-30-27(34)32-16-22(19-8-6-5-7-9-19)23(17-32)25-12-24(20-10-11-20)31-33(25)18(2)3/h5-9,12-14,18,20,22-23H,4,10-11,15-17H2,1-3H3,(H,30,34). The summed E-state index contributed by atoms with van der Waals surface area (Å²) in [5, 5.41) is 8.03. The molecule has 1 aliphatic carbocycles. The van der Waals surface area contributed by atoms with Crippen molar-refractivity contribution in [3.05, 3.63) is 71.6 Å². The van der Waals surface area contributed by atoms with Crippen LogP contribution in [0, 0.1) is 0 Å². The Hall–Kier alpha value is -2.87. The van der Waals surface area contributed by atoms with Gasteiger partial charge in [0.2, 0.25) is 0 Å². The van der Waals surface area contributed by atoms with Gasteiger partial charge in [0.25, 0.3) is 0 Å². The van der Waals surface area contributed by atoms with E-state index in [4.69, 9.17) is 5.10 Å². The van der Waals surface area contributed by atoms with Gasteiger partial charge < -0.3 is 10.2 Å². The summed E-state index contributed by atoms with van der Waals surface area (Å²) < 4.78 is 2.19. The second-order valence-corrected chi connectivity index (χ2v) is 11.1. The van der Waals surface area contributed by atoms with Crippen LogP contribution in [0.15, 0.2) is 53.7 Å². The van der Waals surface area contributed by atoms with E-state index in [0.29, 0.717) is 31.4 Å². The van der Waals surface area contributed by atoms with Crippen molar-refractivity contribution in [2.45, 2.75) is 68.8 Å². The molecule has 184 valence electrons. The second kappa shape index (κ2) is 10.4. The lowest BCUT2D eigenvalue weighted by Gasteiger charge is -2.21. The van der Waals surface area contributed by atoms with Gasteiger partial charge in [-0.25, -0.2) is 14.8 Å². The summed E-state index contributed by atoms with van der Waals surface area (Å²) in [6.07, 6.45) is 6.11. The highest BCUT2D eigenvalue weighted by Gasteiger charge is 2.40. The van der Waals surface area contributed by atoms with Gasteiger partial charge in [-0.1, -0.05) is 37.3 Å². The highest BCUT2D eigenvalue weighted by atomic mass is 32.2. The lowest BCUT2D eigenvalue weighted by molar-refractivity contribution is 0.207. The first-order chi connectivity index (χ1) is 17.0. The van der Waals surface area contributed by atoms with E-state index in [1.165, 1.54) is 29.8 Å². The first kappa shape index (κ1) is 23.9. The molecule has 1 aliphatic heterocycles. The van der Waals surface area contributed by atoms with Crippen molar-refractivity contribution in [1.82, 2.24) is 30.0 Å². The van der Waals surface area contributed by atoms with Crippen LogP contribution in [0.5, 0.6) is 0 Å². The molecule has 1 saturated carbocycles. The van der Waals surface area contributed by atoms with Crippen molar-refractivity contribution in [3.8, 4) is 0 Å². The number of likely N-dealkylation sites (tertiary alicyclic amines) is 1. The van der Waals surface area contributed by atoms with Gasteiger partial charge in [0.05, 0.1) is 12.2 Å². The molecule has 1 N–H and O–H groups in total. The Kier molecular flexibility index (Phi) is 7.09. The molecule has 0 bridgehead atoms. The van der Waals surface area contributed by atoms with Gasteiger partial charge in [-0.2, -0.15) is 5.10 Å². The number of amides is 2. The number of carbonyl (C=O) groups is 1. The third kappa shape index (κ3) is 5.37. The molecule has 0 spiro atoms. The van der Waals surface area contributed by atoms with Crippen LogP contribution in [0.4, 0.5) is 4.79 Å². The Morgan fingerprint density at radius 3 is 2.49 bits per heavy atom. The maximum atomic E-state index is 13.2. The molecule has 2 fully saturated rings. The van der Waals surface area contributed by atoms with Crippen molar-refractivity contribution in [1.29, 1.82) is 0 Å². The van der Waals surface area contributed by atoms with Crippen LogP contribution in [-0.2, 0) is 6.54 Å². The topological polar surface area (TPSA) is 75.9 Å². The number of hydrogen-bond donors (Lipinski definition) is 1. The summed E-state index contributed by atoms with van der Waals surface area (Å²) in [7, 11) is 0. The number of nitrogens with one attached hydrogen (secondary N) is 1. The molecule has 2 aliphatic rings. The van der Waals surface area contributed by atoms with E-state index in [0.717, 1.165) is 10.6 Å². The van der Waals surface area contributed by atoms with Crippen molar-refractivity contribution in [3.63, 3.8) is 0 Å². The molecule has 8 heteroatoms. The molecule has 3 aromatic rings. The van der Waals surface area contributed by atoms with Crippen molar-refractivity contribution >= 4 is 17.8 Å². The smallest absolute Gasteiger partial charge is 0.317 e. The van der Waals surface area contributed by atoms with Crippen LogP contribution < -0.4 is 5.32 Å². The number of carbonyl (C=O) groups excluding carboxylic acids is 1. The minimum Gasteiger partial charge on any atom is -0.331 e. The van der Waals surface area contributed by atoms with Crippen molar-refractivity contribution < 1.29 is 4.79 Å². The summed E-state index contributed by atoms with van der Waals surface area (Å²) in [4.78, 5) is 25.0. The Morgan fingerprint density at radius 2 is 1.83 bits per heavy atom. The predicted molar refractivity (Wildman–Crippen MR) is 139 cm³/mol. The van der Waals surface area contributed by atoms with E-state index in [2.05, 4.69) is 71.1 Å². The van der Waals surface area contributed by atoms with Crippen molar-refractivity contribution in [2.24, 2.45) is 0 Å². The zero-order valence-electron chi connectivity index (χ0n) is 20.7. The summed E-state index contributed by atoms with van der Waals surface area (Å²) in [5.41, 5.74) is 3.73. The van der Waals surface area contributed by atoms with Gasteiger partial charge in [0.15, 0.2) is 0 Å². The fourth-order valence-electron chi connectivity index (χ4n) is 4.95. The molecule has 2 unspecified atom stereocenters. The van der Waals surface area contributed by atoms with E-state index < -0.39 is 0 Å². The van der Waals surface area contributed by atoms with Crippen LogP contribution in [0.2, 0.25) is 0 Å². The number of aromatic nitrogens is 4. The van der Waals surface area contributed by atoms with Crippen LogP contribution in [0.1, 0.15) is 80.2 Å². The fraction of sp³-hybridized carbons (Fsp3) is 0.481. The average molecular weight is 491 g/mol. The normalized spacial score (nSPS) is 19.9. The molecule has 2 aromatic heterocycles. The van der Waals surface area contributed by atoms with E-state index in [-0.39, 0.29) is 23.9 Å². The minimum atomic E-state index is -0.0675. The van der Waals surface area contributed by atoms with Crippen LogP contribution in [-0.4, -0.2) is 49.5 Å². The van der Waals surface area contributed by atoms with Gasteiger partial charge >= 0.3 is 6.03 Å². The van der Waals surface area contributed by atoms with Crippen LogP contribution in [0.25, 0.3) is 0 Å². The van der Waals surface area contributed by atoms with E-state index in [1.807, 2.05) is 23.4 Å². The Balaban J connectivity index is 1.34. The van der Waals surface area contributed by atoms with Gasteiger partial charge in [-0.05, 0) is 44.1 Å². The monoisotopic (exact) mass is 490 g/mol. The minimum absolute atomic E-state index is 0.0675. The Bertz CT molecular complexity index is 1140. The summed E-state index contributed by atoms with van der Waals surface area (Å²) in [5.74, 6) is 2.64. The number of benzene rings is 1. The number of nitrogens with zero attached hydrogens (tertiary/aromatic N) is 5. The number of hydrogen-bond acceptors (Lipinski definition) is 5. The summed E-state index contributed by atoms with van der Waals surface area (Å²) >= 11 is 1.71. The zero-order valence-corrected chi connectivity index (χ0v) is 21.5.